The number of ether oxygens (including phenoxy) is 1. The van der Waals surface area contributed by atoms with Gasteiger partial charge in [-0.15, -0.1) is 0 Å². The molecule has 1 saturated heterocycles. The lowest BCUT2D eigenvalue weighted by Gasteiger charge is -2.26. The second kappa shape index (κ2) is 8.50. The molecule has 7 heteroatoms. The highest BCUT2D eigenvalue weighted by atomic mass is 16.5. The summed E-state index contributed by atoms with van der Waals surface area (Å²) < 4.78 is 9.57. The quantitative estimate of drug-likeness (QED) is 0.365. The van der Waals surface area contributed by atoms with Crippen molar-refractivity contribution in [2.75, 3.05) is 13.2 Å². The third-order valence-electron chi connectivity index (χ3n) is 6.39. The van der Waals surface area contributed by atoms with Crippen LogP contribution in [0.4, 0.5) is 0 Å². The molecule has 1 fully saturated rings. The molecule has 0 unspecified atom stereocenters. The molecule has 1 aliphatic rings. The monoisotopic (exact) mass is 450 g/mol. The van der Waals surface area contributed by atoms with Gasteiger partial charge in [0, 0.05) is 18.0 Å². The Morgan fingerprint density at radius 3 is 2.53 bits per heavy atom. The van der Waals surface area contributed by atoms with Crippen molar-refractivity contribution in [3.05, 3.63) is 90.1 Å². The molecule has 0 amide bonds. The lowest BCUT2D eigenvalue weighted by molar-refractivity contribution is 0.00379. The summed E-state index contributed by atoms with van der Waals surface area (Å²) in [4.78, 5) is 14.7. The summed E-state index contributed by atoms with van der Waals surface area (Å²) >= 11 is 0. The first-order valence-corrected chi connectivity index (χ1v) is 11.7. The summed E-state index contributed by atoms with van der Waals surface area (Å²) in [6.45, 7) is 6.46. The third kappa shape index (κ3) is 3.68. The van der Waals surface area contributed by atoms with Gasteiger partial charge in [-0.2, -0.15) is 5.10 Å². The molecule has 0 atom stereocenters. The summed E-state index contributed by atoms with van der Waals surface area (Å²) in [5.41, 5.74) is 6.22. The van der Waals surface area contributed by atoms with Gasteiger partial charge in [0.1, 0.15) is 11.3 Å². The van der Waals surface area contributed by atoms with Crippen molar-refractivity contribution in [3.63, 3.8) is 0 Å². The van der Waals surface area contributed by atoms with E-state index >= 15 is 0 Å². The number of hydrogen-bond acceptors (Lipinski definition) is 5. The Labute approximate surface area is 198 Å². The molecular formula is C27H26N6O. The van der Waals surface area contributed by atoms with Crippen LogP contribution < -0.4 is 0 Å². The Morgan fingerprint density at radius 2 is 1.82 bits per heavy atom. The second-order valence-corrected chi connectivity index (χ2v) is 9.05. The third-order valence-corrected chi connectivity index (χ3v) is 6.39. The summed E-state index contributed by atoms with van der Waals surface area (Å²) in [5, 5.41) is 4.32. The Morgan fingerprint density at radius 1 is 1.00 bits per heavy atom. The number of hydrogen-bond donors (Lipinski definition) is 0. The van der Waals surface area contributed by atoms with Crippen LogP contribution in [0.25, 0.3) is 28.2 Å². The van der Waals surface area contributed by atoms with Gasteiger partial charge in [-0.3, -0.25) is 0 Å². The molecule has 0 radical (unpaired) electrons. The van der Waals surface area contributed by atoms with Gasteiger partial charge in [0.25, 0.3) is 0 Å². The van der Waals surface area contributed by atoms with E-state index in [2.05, 4.69) is 66.0 Å². The van der Waals surface area contributed by atoms with E-state index in [4.69, 9.17) is 19.7 Å². The topological polar surface area (TPSA) is 70.7 Å². The SMILES string of the molecule is CC(C)c1ccccc1-c1ncc2nc(C3COC3)n(Cc3ccc(-n4cccn4)cc3)c2n1. The molecule has 0 saturated carbocycles. The molecule has 0 N–H and O–H groups in total. The molecule has 34 heavy (non-hydrogen) atoms. The standard InChI is InChI=1S/C27H26N6O/c1-18(2)22-6-3-4-7-23(22)25-28-14-24-27(31-25)32(26(30-24)20-16-34-17-20)15-19-8-10-21(11-9-19)33-13-5-12-29-33/h3-14,18,20H,15-17H2,1-2H3. The molecule has 3 aromatic heterocycles. The fourth-order valence-electron chi connectivity index (χ4n) is 4.48. The van der Waals surface area contributed by atoms with E-state index in [0.717, 1.165) is 34.1 Å². The van der Waals surface area contributed by atoms with Gasteiger partial charge in [-0.1, -0.05) is 50.2 Å². The first kappa shape index (κ1) is 20.7. The van der Waals surface area contributed by atoms with Gasteiger partial charge < -0.3 is 9.30 Å². The molecule has 0 aliphatic carbocycles. The summed E-state index contributed by atoms with van der Waals surface area (Å²) in [6.07, 6.45) is 5.59. The Hall–Kier alpha value is -3.84. The average Bonchev–Trinajstić information content (AvgIpc) is 3.47. The van der Waals surface area contributed by atoms with Crippen LogP contribution in [0.1, 0.15) is 42.6 Å². The maximum Gasteiger partial charge on any atom is 0.164 e. The fourth-order valence-corrected chi connectivity index (χ4v) is 4.48. The molecule has 6 rings (SSSR count). The smallest absolute Gasteiger partial charge is 0.164 e. The van der Waals surface area contributed by atoms with Crippen molar-refractivity contribution in [2.45, 2.75) is 32.2 Å². The van der Waals surface area contributed by atoms with E-state index in [1.807, 2.05) is 29.2 Å². The first-order valence-electron chi connectivity index (χ1n) is 11.7. The predicted molar refractivity (Wildman–Crippen MR) is 131 cm³/mol. The molecule has 0 bridgehead atoms. The molecule has 170 valence electrons. The number of aromatic nitrogens is 6. The van der Waals surface area contributed by atoms with Crippen molar-refractivity contribution >= 4 is 11.2 Å². The number of imidazole rings is 1. The van der Waals surface area contributed by atoms with Gasteiger partial charge in [0.2, 0.25) is 0 Å². The zero-order valence-electron chi connectivity index (χ0n) is 19.3. The highest BCUT2D eigenvalue weighted by Gasteiger charge is 2.28. The van der Waals surface area contributed by atoms with Crippen LogP contribution in [0, 0.1) is 0 Å². The lowest BCUT2D eigenvalue weighted by atomic mass is 9.97. The van der Waals surface area contributed by atoms with Crippen LogP contribution in [-0.2, 0) is 11.3 Å². The zero-order chi connectivity index (χ0) is 23.1. The molecule has 5 aromatic rings. The van der Waals surface area contributed by atoms with Crippen LogP contribution >= 0.6 is 0 Å². The number of benzene rings is 2. The highest BCUT2D eigenvalue weighted by molar-refractivity contribution is 5.75. The van der Waals surface area contributed by atoms with Crippen molar-refractivity contribution in [1.29, 1.82) is 0 Å². The Balaban J connectivity index is 1.42. The molecule has 2 aromatic carbocycles. The molecule has 0 spiro atoms. The predicted octanol–water partition coefficient (Wildman–Crippen LogP) is 4.96. The second-order valence-electron chi connectivity index (χ2n) is 9.05. The lowest BCUT2D eigenvalue weighted by Crippen LogP contribution is -2.28. The molecule has 4 heterocycles. The number of rotatable bonds is 6. The van der Waals surface area contributed by atoms with E-state index in [0.29, 0.717) is 25.7 Å². The van der Waals surface area contributed by atoms with Gasteiger partial charge in [0.05, 0.1) is 37.6 Å². The molecule has 7 nitrogen and oxygen atoms in total. The maximum absolute atomic E-state index is 5.48. The van der Waals surface area contributed by atoms with Crippen LogP contribution in [0.3, 0.4) is 0 Å². The van der Waals surface area contributed by atoms with Crippen molar-refractivity contribution in [2.24, 2.45) is 0 Å². The van der Waals surface area contributed by atoms with Gasteiger partial charge in [-0.05, 0) is 35.2 Å². The minimum absolute atomic E-state index is 0.281. The molecular weight excluding hydrogens is 424 g/mol. The van der Waals surface area contributed by atoms with E-state index in [9.17, 15) is 0 Å². The first-order chi connectivity index (χ1) is 16.7. The van der Waals surface area contributed by atoms with Crippen LogP contribution in [-0.4, -0.2) is 42.5 Å². The maximum atomic E-state index is 5.48. The van der Waals surface area contributed by atoms with E-state index in [1.165, 1.54) is 11.1 Å². The normalized spacial score (nSPS) is 14.1. The summed E-state index contributed by atoms with van der Waals surface area (Å²) in [7, 11) is 0. The summed E-state index contributed by atoms with van der Waals surface area (Å²) in [5.74, 6) is 2.42. The fraction of sp³-hybridized carbons (Fsp3) is 0.259. The summed E-state index contributed by atoms with van der Waals surface area (Å²) in [6, 6.07) is 18.8. The van der Waals surface area contributed by atoms with Gasteiger partial charge in [-0.25, -0.2) is 19.6 Å². The van der Waals surface area contributed by atoms with Crippen molar-refractivity contribution in [1.82, 2.24) is 29.3 Å². The molecule has 1 aliphatic heterocycles. The van der Waals surface area contributed by atoms with E-state index < -0.39 is 0 Å². The highest BCUT2D eigenvalue weighted by Crippen LogP contribution is 2.30. The Kier molecular flexibility index (Phi) is 5.19. The zero-order valence-corrected chi connectivity index (χ0v) is 19.3. The number of nitrogens with zero attached hydrogens (tertiary/aromatic N) is 6. The average molecular weight is 451 g/mol. The van der Waals surface area contributed by atoms with Crippen molar-refractivity contribution < 1.29 is 4.74 Å². The van der Waals surface area contributed by atoms with Crippen LogP contribution in [0.15, 0.2) is 73.2 Å². The minimum atomic E-state index is 0.281. The van der Waals surface area contributed by atoms with Crippen LogP contribution in [0.5, 0.6) is 0 Å². The van der Waals surface area contributed by atoms with E-state index in [-0.39, 0.29) is 5.92 Å². The van der Waals surface area contributed by atoms with Gasteiger partial charge in [0.15, 0.2) is 11.5 Å². The Bertz CT molecular complexity index is 1430. The van der Waals surface area contributed by atoms with Crippen molar-refractivity contribution in [3.8, 4) is 17.1 Å². The van der Waals surface area contributed by atoms with Gasteiger partial charge >= 0.3 is 0 Å². The van der Waals surface area contributed by atoms with E-state index in [1.54, 1.807) is 6.20 Å². The van der Waals surface area contributed by atoms with Crippen LogP contribution in [0.2, 0.25) is 0 Å². The largest absolute Gasteiger partial charge is 0.380 e. The number of fused-ring (bicyclic) bond motifs is 1. The minimum Gasteiger partial charge on any atom is -0.380 e.